The smallest absolute Gasteiger partial charge is 0.475 e. The molecule has 0 N–H and O–H groups in total. The van der Waals surface area contributed by atoms with E-state index in [9.17, 15) is 8.78 Å². The van der Waals surface area contributed by atoms with Gasteiger partial charge in [0.2, 0.25) is 0 Å². The number of hydrogen-bond donors (Lipinski definition) is 0. The molecule has 0 radical (unpaired) electrons. The second kappa shape index (κ2) is 5.54. The third-order valence-electron chi connectivity index (χ3n) is 3.90. The van der Waals surface area contributed by atoms with Crippen molar-refractivity contribution >= 4 is 10.9 Å². The van der Waals surface area contributed by atoms with Gasteiger partial charge in [0.15, 0.2) is 11.5 Å². The molecule has 0 saturated carbocycles. The van der Waals surface area contributed by atoms with Crippen LogP contribution in [0, 0.1) is 6.92 Å². The second-order valence-corrected chi connectivity index (χ2v) is 5.67. The number of aryl methyl sites for hydroxylation is 2. The number of aromatic nitrogens is 4. The Morgan fingerprint density at radius 1 is 1.24 bits per heavy atom. The zero-order valence-electron chi connectivity index (χ0n) is 13.5. The fraction of sp³-hybridized carbons (Fsp3) is 0.312. The van der Waals surface area contributed by atoms with E-state index < -0.39 is 6.29 Å². The molecule has 0 atom stereocenters. The summed E-state index contributed by atoms with van der Waals surface area (Å²) >= 11 is 0. The van der Waals surface area contributed by atoms with Gasteiger partial charge in [0.1, 0.15) is 5.52 Å². The van der Waals surface area contributed by atoms with E-state index in [1.807, 2.05) is 14.0 Å². The van der Waals surface area contributed by atoms with Crippen molar-refractivity contribution in [1.82, 2.24) is 20.0 Å². The van der Waals surface area contributed by atoms with Crippen molar-refractivity contribution in [2.24, 2.45) is 7.05 Å². The summed E-state index contributed by atoms with van der Waals surface area (Å²) < 4.78 is 42.3. The first-order valence-electron chi connectivity index (χ1n) is 7.59. The summed E-state index contributed by atoms with van der Waals surface area (Å²) in [7, 11) is 1.81. The largest absolute Gasteiger partial charge is 0.586 e. The van der Waals surface area contributed by atoms with Crippen LogP contribution < -0.4 is 14.2 Å². The monoisotopic (exact) mass is 348 g/mol. The van der Waals surface area contributed by atoms with E-state index in [-0.39, 0.29) is 11.5 Å². The van der Waals surface area contributed by atoms with Crippen molar-refractivity contribution in [3.05, 3.63) is 35.7 Å². The number of rotatable bonds is 4. The molecule has 1 aliphatic heterocycles. The van der Waals surface area contributed by atoms with Crippen LogP contribution in [-0.2, 0) is 13.5 Å². The van der Waals surface area contributed by atoms with Crippen LogP contribution in [0.25, 0.3) is 10.9 Å². The quantitative estimate of drug-likeness (QED) is 0.722. The van der Waals surface area contributed by atoms with Crippen molar-refractivity contribution in [3.8, 4) is 17.4 Å². The zero-order valence-corrected chi connectivity index (χ0v) is 13.5. The lowest BCUT2D eigenvalue weighted by Gasteiger charge is -2.07. The maximum atomic E-state index is 13.0. The first-order valence-corrected chi connectivity index (χ1v) is 7.59. The van der Waals surface area contributed by atoms with E-state index in [1.54, 1.807) is 16.9 Å². The molecule has 9 heteroatoms. The molecule has 0 spiro atoms. The maximum absolute atomic E-state index is 13.0. The molecule has 3 aromatic rings. The normalized spacial score (nSPS) is 14.9. The Labute approximate surface area is 141 Å². The van der Waals surface area contributed by atoms with Gasteiger partial charge in [-0.2, -0.15) is 10.2 Å². The first kappa shape index (κ1) is 15.6. The van der Waals surface area contributed by atoms with Crippen LogP contribution in [0.15, 0.2) is 24.4 Å². The Balaban J connectivity index is 1.47. The third kappa shape index (κ3) is 2.81. The van der Waals surface area contributed by atoms with Crippen molar-refractivity contribution in [1.29, 1.82) is 0 Å². The lowest BCUT2D eigenvalue weighted by atomic mass is 10.1. The number of hydrogen-bond acceptors (Lipinski definition) is 6. The van der Waals surface area contributed by atoms with Gasteiger partial charge >= 0.3 is 6.29 Å². The standard InChI is InChI=1S/C16H14F2N4O3/c1-9-11-8-19-20-15(14(11)22(2)21-9)23-6-5-10-3-4-12-13(7-10)25-16(17,18)24-12/h3-4,7-8H,5-6H2,1-2H3. The fourth-order valence-corrected chi connectivity index (χ4v) is 2.78. The number of nitrogens with zero attached hydrogens (tertiary/aromatic N) is 4. The summed E-state index contributed by atoms with van der Waals surface area (Å²) in [4.78, 5) is 0. The van der Waals surface area contributed by atoms with Crippen LogP contribution in [0.5, 0.6) is 17.4 Å². The number of ether oxygens (including phenoxy) is 3. The van der Waals surface area contributed by atoms with Crippen LogP contribution >= 0.6 is 0 Å². The van der Waals surface area contributed by atoms with Crippen molar-refractivity contribution in [3.63, 3.8) is 0 Å². The summed E-state index contributed by atoms with van der Waals surface area (Å²) in [5.41, 5.74) is 2.38. The average Bonchev–Trinajstić information content (AvgIpc) is 3.02. The fourth-order valence-electron chi connectivity index (χ4n) is 2.78. The average molecular weight is 348 g/mol. The van der Waals surface area contributed by atoms with Gasteiger partial charge < -0.3 is 14.2 Å². The molecule has 0 fully saturated rings. The highest BCUT2D eigenvalue weighted by molar-refractivity contribution is 5.84. The summed E-state index contributed by atoms with van der Waals surface area (Å²) in [6, 6.07) is 4.66. The number of benzene rings is 1. The highest BCUT2D eigenvalue weighted by Crippen LogP contribution is 2.41. The molecule has 0 amide bonds. The van der Waals surface area contributed by atoms with Crippen LogP contribution in [0.2, 0.25) is 0 Å². The number of halogens is 2. The molecule has 3 heterocycles. The van der Waals surface area contributed by atoms with E-state index in [0.717, 1.165) is 22.2 Å². The van der Waals surface area contributed by atoms with Gasteiger partial charge in [-0.05, 0) is 24.6 Å². The lowest BCUT2D eigenvalue weighted by molar-refractivity contribution is -0.286. The molecular formula is C16H14F2N4O3. The molecule has 0 bridgehead atoms. The van der Waals surface area contributed by atoms with E-state index in [0.29, 0.717) is 18.9 Å². The van der Waals surface area contributed by atoms with Gasteiger partial charge in [-0.25, -0.2) is 0 Å². The molecule has 2 aromatic heterocycles. The van der Waals surface area contributed by atoms with Crippen LogP contribution in [0.3, 0.4) is 0 Å². The Bertz CT molecular complexity index is 958. The van der Waals surface area contributed by atoms with Crippen LogP contribution in [0.1, 0.15) is 11.3 Å². The van der Waals surface area contributed by atoms with E-state index in [2.05, 4.69) is 24.8 Å². The predicted molar refractivity (Wildman–Crippen MR) is 82.9 cm³/mol. The third-order valence-corrected chi connectivity index (χ3v) is 3.90. The number of fused-ring (bicyclic) bond motifs is 2. The Hall–Kier alpha value is -2.97. The highest BCUT2D eigenvalue weighted by Gasteiger charge is 2.43. The minimum Gasteiger partial charge on any atom is -0.475 e. The Kier molecular flexibility index (Phi) is 3.45. The summed E-state index contributed by atoms with van der Waals surface area (Å²) in [6.07, 6.45) is -1.49. The molecule has 1 aromatic carbocycles. The zero-order chi connectivity index (χ0) is 17.6. The lowest BCUT2D eigenvalue weighted by Crippen LogP contribution is -2.25. The molecule has 4 rings (SSSR count). The molecule has 7 nitrogen and oxygen atoms in total. The maximum Gasteiger partial charge on any atom is 0.586 e. The van der Waals surface area contributed by atoms with Gasteiger partial charge in [-0.1, -0.05) is 6.07 Å². The first-order chi connectivity index (χ1) is 11.9. The van der Waals surface area contributed by atoms with Gasteiger partial charge in [0.05, 0.1) is 18.5 Å². The summed E-state index contributed by atoms with van der Waals surface area (Å²) in [6.45, 7) is 2.18. The van der Waals surface area contributed by atoms with E-state index in [1.165, 1.54) is 12.1 Å². The van der Waals surface area contributed by atoms with Crippen LogP contribution in [0.4, 0.5) is 8.78 Å². The summed E-state index contributed by atoms with van der Waals surface area (Å²) in [5.74, 6) is 0.426. The molecular weight excluding hydrogens is 334 g/mol. The topological polar surface area (TPSA) is 71.3 Å². The van der Waals surface area contributed by atoms with Crippen LogP contribution in [-0.4, -0.2) is 32.9 Å². The van der Waals surface area contributed by atoms with Gasteiger partial charge in [0, 0.05) is 18.9 Å². The predicted octanol–water partition coefficient (Wildman–Crippen LogP) is 2.61. The van der Waals surface area contributed by atoms with E-state index in [4.69, 9.17) is 4.74 Å². The molecule has 25 heavy (non-hydrogen) atoms. The number of alkyl halides is 2. The van der Waals surface area contributed by atoms with Gasteiger partial charge in [-0.15, -0.1) is 13.9 Å². The Morgan fingerprint density at radius 3 is 2.88 bits per heavy atom. The Morgan fingerprint density at radius 2 is 2.04 bits per heavy atom. The molecule has 0 saturated heterocycles. The van der Waals surface area contributed by atoms with Crippen molar-refractivity contribution in [2.45, 2.75) is 19.6 Å². The SMILES string of the molecule is Cc1nn(C)c2c(OCCc3ccc4c(c3)OC(F)(F)O4)nncc12. The van der Waals surface area contributed by atoms with Gasteiger partial charge in [0.25, 0.3) is 5.88 Å². The minimum absolute atomic E-state index is 0.0200. The second-order valence-electron chi connectivity index (χ2n) is 5.67. The minimum atomic E-state index is -3.61. The van der Waals surface area contributed by atoms with Crippen molar-refractivity contribution in [2.75, 3.05) is 6.61 Å². The molecule has 1 aliphatic rings. The highest BCUT2D eigenvalue weighted by atomic mass is 19.3. The van der Waals surface area contributed by atoms with Gasteiger partial charge in [-0.3, -0.25) is 4.68 Å². The molecule has 130 valence electrons. The van der Waals surface area contributed by atoms with E-state index >= 15 is 0 Å². The van der Waals surface area contributed by atoms with Crippen molar-refractivity contribution < 1.29 is 23.0 Å². The molecule has 0 aliphatic carbocycles. The molecule has 0 unspecified atom stereocenters. The summed E-state index contributed by atoms with van der Waals surface area (Å²) in [5, 5.41) is 13.1.